The van der Waals surface area contributed by atoms with E-state index >= 15 is 0 Å². The molecule has 1 saturated heterocycles. The SMILES string of the molecule is CCNC(=O)c1ccc(N)cc1NC(C)C1CCOCC1. The van der Waals surface area contributed by atoms with E-state index in [4.69, 9.17) is 10.5 Å². The maximum Gasteiger partial charge on any atom is 0.253 e. The fraction of sp³-hybridized carbons (Fsp3) is 0.562. The summed E-state index contributed by atoms with van der Waals surface area (Å²) in [7, 11) is 0. The van der Waals surface area contributed by atoms with E-state index in [1.807, 2.05) is 13.0 Å². The topological polar surface area (TPSA) is 76.4 Å². The quantitative estimate of drug-likeness (QED) is 0.727. The van der Waals surface area contributed by atoms with Crippen molar-refractivity contribution in [2.45, 2.75) is 32.7 Å². The number of amides is 1. The van der Waals surface area contributed by atoms with E-state index in [9.17, 15) is 4.79 Å². The summed E-state index contributed by atoms with van der Waals surface area (Å²) in [5.41, 5.74) is 7.97. The van der Waals surface area contributed by atoms with Crippen molar-refractivity contribution in [1.29, 1.82) is 0 Å². The van der Waals surface area contributed by atoms with Gasteiger partial charge in [0.05, 0.1) is 5.56 Å². The Labute approximate surface area is 126 Å². The average molecular weight is 291 g/mol. The summed E-state index contributed by atoms with van der Waals surface area (Å²) in [5, 5.41) is 6.30. The predicted molar refractivity (Wildman–Crippen MR) is 85.5 cm³/mol. The molecule has 5 heteroatoms. The van der Waals surface area contributed by atoms with Crippen LogP contribution in [-0.2, 0) is 4.74 Å². The molecular weight excluding hydrogens is 266 g/mol. The Morgan fingerprint density at radius 2 is 2.14 bits per heavy atom. The number of rotatable bonds is 5. The zero-order valence-electron chi connectivity index (χ0n) is 12.8. The van der Waals surface area contributed by atoms with Crippen molar-refractivity contribution >= 4 is 17.3 Å². The Bertz CT molecular complexity index is 484. The lowest BCUT2D eigenvalue weighted by molar-refractivity contribution is 0.0622. The van der Waals surface area contributed by atoms with Gasteiger partial charge in [-0.1, -0.05) is 0 Å². The molecule has 21 heavy (non-hydrogen) atoms. The fourth-order valence-corrected chi connectivity index (χ4v) is 2.71. The fourth-order valence-electron chi connectivity index (χ4n) is 2.71. The Kier molecular flexibility index (Phi) is 5.44. The monoisotopic (exact) mass is 291 g/mol. The average Bonchev–Trinajstić information content (AvgIpc) is 2.48. The van der Waals surface area contributed by atoms with Crippen LogP contribution in [-0.4, -0.2) is 31.7 Å². The Morgan fingerprint density at radius 3 is 2.81 bits per heavy atom. The molecule has 0 bridgehead atoms. The number of nitrogens with two attached hydrogens (primary N) is 1. The van der Waals surface area contributed by atoms with Gasteiger partial charge in [-0.15, -0.1) is 0 Å². The molecule has 0 radical (unpaired) electrons. The van der Waals surface area contributed by atoms with E-state index < -0.39 is 0 Å². The molecule has 1 amide bonds. The summed E-state index contributed by atoms with van der Waals surface area (Å²) in [6.45, 7) is 6.30. The summed E-state index contributed by atoms with van der Waals surface area (Å²) >= 11 is 0. The highest BCUT2D eigenvalue weighted by Crippen LogP contribution is 2.25. The van der Waals surface area contributed by atoms with Crippen LogP contribution in [0.15, 0.2) is 18.2 Å². The zero-order valence-corrected chi connectivity index (χ0v) is 12.8. The van der Waals surface area contributed by atoms with Crippen LogP contribution in [0.2, 0.25) is 0 Å². The van der Waals surface area contributed by atoms with Gasteiger partial charge in [0, 0.05) is 37.2 Å². The molecule has 0 saturated carbocycles. The van der Waals surface area contributed by atoms with Gasteiger partial charge in [-0.05, 0) is 50.8 Å². The number of ether oxygens (including phenoxy) is 1. The van der Waals surface area contributed by atoms with Crippen molar-refractivity contribution in [2.75, 3.05) is 30.8 Å². The van der Waals surface area contributed by atoms with Crippen molar-refractivity contribution in [3.63, 3.8) is 0 Å². The van der Waals surface area contributed by atoms with Gasteiger partial charge in [0.25, 0.3) is 5.91 Å². The number of hydrogen-bond donors (Lipinski definition) is 3. The minimum absolute atomic E-state index is 0.0702. The van der Waals surface area contributed by atoms with Crippen LogP contribution in [0.4, 0.5) is 11.4 Å². The second-order valence-electron chi connectivity index (χ2n) is 5.55. The van der Waals surface area contributed by atoms with Crippen LogP contribution in [0.25, 0.3) is 0 Å². The van der Waals surface area contributed by atoms with Crippen LogP contribution in [0, 0.1) is 5.92 Å². The molecule has 1 atom stereocenters. The van der Waals surface area contributed by atoms with Crippen molar-refractivity contribution < 1.29 is 9.53 Å². The molecule has 1 aromatic carbocycles. The van der Waals surface area contributed by atoms with Gasteiger partial charge in [0.2, 0.25) is 0 Å². The lowest BCUT2D eigenvalue weighted by atomic mass is 9.92. The molecule has 1 heterocycles. The molecule has 1 aromatic rings. The van der Waals surface area contributed by atoms with Crippen LogP contribution < -0.4 is 16.4 Å². The van der Waals surface area contributed by atoms with Crippen molar-refractivity contribution in [3.05, 3.63) is 23.8 Å². The first-order valence-electron chi connectivity index (χ1n) is 7.63. The molecule has 0 aromatic heterocycles. The standard InChI is InChI=1S/C16H25N3O2/c1-3-18-16(20)14-5-4-13(17)10-15(14)19-11(2)12-6-8-21-9-7-12/h4-5,10-12,19H,3,6-9,17H2,1-2H3,(H,18,20). The Hall–Kier alpha value is -1.75. The third-order valence-electron chi connectivity index (χ3n) is 3.98. The van der Waals surface area contributed by atoms with Gasteiger partial charge in [-0.25, -0.2) is 0 Å². The first kappa shape index (κ1) is 15.6. The number of nitrogen functional groups attached to an aromatic ring is 1. The second kappa shape index (κ2) is 7.31. The van der Waals surface area contributed by atoms with Crippen LogP contribution >= 0.6 is 0 Å². The van der Waals surface area contributed by atoms with Crippen LogP contribution in [0.5, 0.6) is 0 Å². The molecule has 116 valence electrons. The van der Waals surface area contributed by atoms with Gasteiger partial charge in [0.15, 0.2) is 0 Å². The molecule has 0 spiro atoms. The summed E-state index contributed by atoms with van der Waals surface area (Å²) in [5.74, 6) is 0.487. The molecule has 0 aliphatic carbocycles. The van der Waals surface area contributed by atoms with Crippen molar-refractivity contribution in [3.8, 4) is 0 Å². The van der Waals surface area contributed by atoms with Gasteiger partial charge in [0.1, 0.15) is 0 Å². The molecule has 1 aliphatic heterocycles. The van der Waals surface area contributed by atoms with Gasteiger partial charge >= 0.3 is 0 Å². The highest BCUT2D eigenvalue weighted by atomic mass is 16.5. The molecule has 5 nitrogen and oxygen atoms in total. The highest BCUT2D eigenvalue weighted by molar-refractivity contribution is 6.00. The molecule has 1 unspecified atom stereocenters. The maximum atomic E-state index is 12.1. The third-order valence-corrected chi connectivity index (χ3v) is 3.98. The van der Waals surface area contributed by atoms with E-state index in [1.54, 1.807) is 12.1 Å². The van der Waals surface area contributed by atoms with Crippen molar-refractivity contribution in [2.24, 2.45) is 5.92 Å². The molecule has 1 fully saturated rings. The van der Waals surface area contributed by atoms with Gasteiger partial charge in [-0.2, -0.15) is 0 Å². The number of carbonyl (C=O) groups excluding carboxylic acids is 1. The second-order valence-corrected chi connectivity index (χ2v) is 5.55. The highest BCUT2D eigenvalue weighted by Gasteiger charge is 2.22. The first-order valence-corrected chi connectivity index (χ1v) is 7.63. The van der Waals surface area contributed by atoms with Gasteiger partial charge < -0.3 is 21.1 Å². The van der Waals surface area contributed by atoms with E-state index in [1.165, 1.54) is 0 Å². The van der Waals surface area contributed by atoms with Gasteiger partial charge in [-0.3, -0.25) is 4.79 Å². The lowest BCUT2D eigenvalue weighted by Crippen LogP contribution is -2.32. The molecule has 1 aliphatic rings. The van der Waals surface area contributed by atoms with E-state index in [0.717, 1.165) is 31.7 Å². The van der Waals surface area contributed by atoms with E-state index in [0.29, 0.717) is 23.7 Å². The maximum absolute atomic E-state index is 12.1. The lowest BCUT2D eigenvalue weighted by Gasteiger charge is -2.29. The number of nitrogens with one attached hydrogen (secondary N) is 2. The largest absolute Gasteiger partial charge is 0.399 e. The Balaban J connectivity index is 2.13. The number of hydrogen-bond acceptors (Lipinski definition) is 4. The molecule has 4 N–H and O–H groups in total. The zero-order chi connectivity index (χ0) is 15.2. The molecular formula is C16H25N3O2. The number of anilines is 2. The normalized spacial score (nSPS) is 17.2. The smallest absolute Gasteiger partial charge is 0.253 e. The summed E-state index contributed by atoms with van der Waals surface area (Å²) in [4.78, 5) is 12.1. The predicted octanol–water partition coefficient (Wildman–Crippen LogP) is 2.25. The minimum atomic E-state index is -0.0702. The summed E-state index contributed by atoms with van der Waals surface area (Å²) in [6, 6.07) is 5.65. The summed E-state index contributed by atoms with van der Waals surface area (Å²) < 4.78 is 5.40. The minimum Gasteiger partial charge on any atom is -0.399 e. The first-order chi connectivity index (χ1) is 10.1. The molecule has 2 rings (SSSR count). The van der Waals surface area contributed by atoms with E-state index in [-0.39, 0.29) is 11.9 Å². The van der Waals surface area contributed by atoms with E-state index in [2.05, 4.69) is 17.6 Å². The third kappa shape index (κ3) is 4.11. The number of carbonyl (C=O) groups is 1. The summed E-state index contributed by atoms with van der Waals surface area (Å²) in [6.07, 6.45) is 2.10. The van der Waals surface area contributed by atoms with Crippen molar-refractivity contribution in [1.82, 2.24) is 5.32 Å². The Morgan fingerprint density at radius 1 is 1.43 bits per heavy atom. The number of benzene rings is 1. The van der Waals surface area contributed by atoms with Crippen LogP contribution in [0.3, 0.4) is 0 Å². The van der Waals surface area contributed by atoms with Crippen LogP contribution in [0.1, 0.15) is 37.0 Å².